The van der Waals surface area contributed by atoms with E-state index in [0.717, 1.165) is 35.7 Å². The number of carbonyl (C=O) groups excluding carboxylic acids is 4. The zero-order valence-electron chi connectivity index (χ0n) is 35.6. The third kappa shape index (κ3) is 21.6. The summed E-state index contributed by atoms with van der Waals surface area (Å²) in [5, 5.41) is 6.53. The van der Waals surface area contributed by atoms with Crippen molar-refractivity contribution in [1.82, 2.24) is 15.6 Å². The Balaban J connectivity index is 1.62. The molecule has 0 radical (unpaired) electrons. The number of ether oxygens (including phenoxy) is 1. The lowest BCUT2D eigenvalue weighted by atomic mass is 9.98. The topological polar surface area (TPSA) is 188 Å². The number of esters is 1. The van der Waals surface area contributed by atoms with Gasteiger partial charge >= 0.3 is 13.8 Å². The number of benzene rings is 1. The van der Waals surface area contributed by atoms with Gasteiger partial charge in [0.05, 0.1) is 38.9 Å². The van der Waals surface area contributed by atoms with E-state index in [1.165, 1.54) is 70.3 Å². The molecule has 2 rings (SSSR count). The van der Waals surface area contributed by atoms with Crippen molar-refractivity contribution in [2.75, 3.05) is 33.0 Å². The molecule has 1 heterocycles. The molecule has 1 aromatic carbocycles. The molecular formula is C44H73N4O9P. The number of nitrogens with one attached hydrogen (secondary N) is 3. The number of unbranched alkanes of at least 4 members (excludes halogenated alkanes) is 13. The first-order valence-electron chi connectivity index (χ1n) is 21.7. The van der Waals surface area contributed by atoms with Crippen LogP contribution in [0.3, 0.4) is 0 Å². The van der Waals surface area contributed by atoms with Crippen LogP contribution in [0.4, 0.5) is 0 Å². The zero-order chi connectivity index (χ0) is 42.4. The van der Waals surface area contributed by atoms with E-state index < -0.39 is 32.4 Å². The minimum absolute atomic E-state index is 0.0517. The predicted molar refractivity (Wildman–Crippen MR) is 230 cm³/mol. The van der Waals surface area contributed by atoms with Crippen LogP contribution in [-0.2, 0) is 48.5 Å². The number of hydrogen-bond donors (Lipinski definition) is 4. The predicted octanol–water partition coefficient (Wildman–Crippen LogP) is 8.79. The number of aromatic amines is 1. The fourth-order valence-corrected chi connectivity index (χ4v) is 7.64. The van der Waals surface area contributed by atoms with Gasteiger partial charge in [-0.1, -0.05) is 129 Å². The molecule has 2 unspecified atom stereocenters. The first-order chi connectivity index (χ1) is 28.0. The number of phosphoric ester groups is 1. The van der Waals surface area contributed by atoms with Crippen molar-refractivity contribution < 1.29 is 42.1 Å². The van der Waals surface area contributed by atoms with Gasteiger partial charge < -0.3 is 26.1 Å². The molecule has 0 saturated heterocycles. The number of nitrogens with two attached hydrogens (primary N) is 1. The molecule has 14 heteroatoms. The maximum Gasteiger partial charge on any atom is 0.475 e. The number of Topliss-reactive ketones (excluding diaryl/α,β-unsaturated/α-hetero) is 1. The Morgan fingerprint density at radius 1 is 0.845 bits per heavy atom. The van der Waals surface area contributed by atoms with Gasteiger partial charge in [-0.25, -0.2) is 4.57 Å². The second-order valence-electron chi connectivity index (χ2n) is 15.2. The molecular weight excluding hydrogens is 759 g/mol. The van der Waals surface area contributed by atoms with Gasteiger partial charge in [-0.2, -0.15) is 0 Å². The lowest BCUT2D eigenvalue weighted by molar-refractivity contribution is -0.143. The van der Waals surface area contributed by atoms with E-state index in [4.69, 9.17) is 24.0 Å². The van der Waals surface area contributed by atoms with Gasteiger partial charge in [0.2, 0.25) is 11.8 Å². The number of rotatable bonds is 36. The molecule has 328 valence electrons. The minimum atomic E-state index is -4.17. The largest absolute Gasteiger partial charge is 0.475 e. The summed E-state index contributed by atoms with van der Waals surface area (Å²) in [6.07, 6.45) is 21.7. The summed E-state index contributed by atoms with van der Waals surface area (Å²) in [4.78, 5) is 54.0. The van der Waals surface area contributed by atoms with E-state index in [-0.39, 0.29) is 62.8 Å². The van der Waals surface area contributed by atoms with E-state index >= 15 is 0 Å². The normalized spacial score (nSPS) is 14.0. The number of H-pyrrole nitrogens is 1. The van der Waals surface area contributed by atoms with Crippen LogP contribution < -0.4 is 16.4 Å². The van der Waals surface area contributed by atoms with Gasteiger partial charge in [0.15, 0.2) is 5.78 Å². The van der Waals surface area contributed by atoms with Crippen LogP contribution in [0.1, 0.15) is 142 Å². The second-order valence-corrected chi connectivity index (χ2v) is 16.8. The van der Waals surface area contributed by atoms with Gasteiger partial charge in [-0.05, 0) is 36.8 Å². The van der Waals surface area contributed by atoms with Crippen LogP contribution in [0, 0.1) is 5.92 Å². The van der Waals surface area contributed by atoms with Crippen molar-refractivity contribution in [1.29, 1.82) is 0 Å². The molecule has 2 aromatic rings. The smallest absolute Gasteiger partial charge is 0.466 e. The van der Waals surface area contributed by atoms with Crippen LogP contribution in [0.25, 0.3) is 10.9 Å². The number of amides is 2. The number of fused-ring (bicyclic) bond motifs is 1. The monoisotopic (exact) mass is 833 g/mol. The van der Waals surface area contributed by atoms with E-state index in [0.29, 0.717) is 25.7 Å². The molecule has 0 fully saturated rings. The lowest BCUT2D eigenvalue weighted by Crippen LogP contribution is -2.51. The molecule has 2 amide bonds. The summed E-state index contributed by atoms with van der Waals surface area (Å²) in [6, 6.07) is 5.81. The van der Waals surface area contributed by atoms with Crippen LogP contribution in [0.5, 0.6) is 0 Å². The highest BCUT2D eigenvalue weighted by Crippen LogP contribution is 2.49. The average molecular weight is 833 g/mol. The molecule has 0 aliphatic carbocycles. The zero-order valence-corrected chi connectivity index (χ0v) is 36.5. The summed E-state index contributed by atoms with van der Waals surface area (Å²) in [5.74, 6) is -1.38. The molecule has 58 heavy (non-hydrogen) atoms. The van der Waals surface area contributed by atoms with Crippen molar-refractivity contribution >= 4 is 42.3 Å². The van der Waals surface area contributed by atoms with Gasteiger partial charge in [0, 0.05) is 36.5 Å². The number of para-hydroxylation sites is 1. The first kappa shape index (κ1) is 50.8. The average Bonchev–Trinajstić information content (AvgIpc) is 3.63. The third-order valence-electron chi connectivity index (χ3n) is 10.2. The fourth-order valence-electron chi connectivity index (χ4n) is 6.47. The molecule has 1 aromatic heterocycles. The quantitative estimate of drug-likeness (QED) is 0.0224. The molecule has 0 aliphatic heterocycles. The number of carbonyl (C=O) groups is 4. The number of aromatic nitrogens is 1. The Morgan fingerprint density at radius 3 is 2.14 bits per heavy atom. The first-order valence-corrected chi connectivity index (χ1v) is 23.2. The Hall–Kier alpha value is -3.35. The van der Waals surface area contributed by atoms with Crippen molar-refractivity contribution in [2.24, 2.45) is 11.7 Å². The maximum atomic E-state index is 13.3. The molecule has 0 spiro atoms. The summed E-state index contributed by atoms with van der Waals surface area (Å²) < 4.78 is 34.7. The number of phosphoric acid groups is 1. The van der Waals surface area contributed by atoms with E-state index in [2.05, 4.69) is 29.1 Å². The second kappa shape index (κ2) is 30.7. The molecule has 0 saturated carbocycles. The number of ketones is 1. The standard InChI is InChI=1S/C44H73N4O9P/c1-5-8-9-10-11-12-13-14-15-16-17-18-19-27-42(51)54-30-23-22-26-40(49)38(45)34-57-58(53,55-29-6-2)56-31-28-46-44(52)43(35(4)7-3)48-41(50)32-36-33-47-39-25-21-20-24-37(36)39/h6,20-21,24-25,33,35,38,43,47H,2,5,7-19,22-23,26-32,34,45H2,1,3-4H3,(H,46,52)(H,48,50)/t35-,38?,43-,58?/m0/s1. The Labute approximate surface area is 347 Å². The van der Waals surface area contributed by atoms with Gasteiger partial charge in [0.25, 0.3) is 0 Å². The lowest BCUT2D eigenvalue weighted by Gasteiger charge is -2.24. The Morgan fingerprint density at radius 2 is 1.48 bits per heavy atom. The SMILES string of the molecule is C=CCOP(=O)(OCCNC(=O)[C@@H](NC(=O)Cc1c[nH]c2ccccc12)[C@@H](C)CC)OCC(N)C(=O)CCCCOC(=O)CCCCCCCCCCCCCCC. The van der Waals surface area contributed by atoms with Crippen LogP contribution in [0.15, 0.2) is 43.1 Å². The van der Waals surface area contributed by atoms with E-state index in [1.54, 1.807) is 6.20 Å². The highest BCUT2D eigenvalue weighted by atomic mass is 31.2. The van der Waals surface area contributed by atoms with Gasteiger partial charge in [-0.15, -0.1) is 6.58 Å². The van der Waals surface area contributed by atoms with Crippen molar-refractivity contribution in [2.45, 2.75) is 155 Å². The highest BCUT2D eigenvalue weighted by molar-refractivity contribution is 7.48. The van der Waals surface area contributed by atoms with Crippen molar-refractivity contribution in [3.05, 3.63) is 48.7 Å². The molecule has 4 atom stereocenters. The summed E-state index contributed by atoms with van der Waals surface area (Å²) in [6.45, 7) is 8.99. The highest BCUT2D eigenvalue weighted by Gasteiger charge is 2.30. The van der Waals surface area contributed by atoms with Crippen LogP contribution in [-0.4, -0.2) is 73.6 Å². The summed E-state index contributed by atoms with van der Waals surface area (Å²) in [7, 11) is -4.17. The fraction of sp³-hybridized carbons (Fsp3) is 0.682. The van der Waals surface area contributed by atoms with E-state index in [1.807, 2.05) is 38.1 Å². The molecule has 0 bridgehead atoms. The Kier molecular flexibility index (Phi) is 26.8. The van der Waals surface area contributed by atoms with Gasteiger partial charge in [-0.3, -0.25) is 32.7 Å². The Bertz CT molecular complexity index is 1530. The van der Waals surface area contributed by atoms with Crippen LogP contribution in [0.2, 0.25) is 0 Å². The molecule has 0 aliphatic rings. The molecule has 13 nitrogen and oxygen atoms in total. The van der Waals surface area contributed by atoms with Gasteiger partial charge in [0.1, 0.15) is 6.04 Å². The number of hydrogen-bond acceptors (Lipinski definition) is 10. The summed E-state index contributed by atoms with van der Waals surface area (Å²) >= 11 is 0. The van der Waals surface area contributed by atoms with E-state index in [9.17, 15) is 23.7 Å². The molecule has 5 N–H and O–H groups in total. The maximum absolute atomic E-state index is 13.3. The van der Waals surface area contributed by atoms with Crippen molar-refractivity contribution in [3.8, 4) is 0 Å². The third-order valence-corrected chi connectivity index (χ3v) is 11.7. The van der Waals surface area contributed by atoms with Crippen molar-refractivity contribution in [3.63, 3.8) is 0 Å². The van der Waals surface area contributed by atoms with Crippen LogP contribution >= 0.6 is 7.82 Å². The minimum Gasteiger partial charge on any atom is -0.466 e. The summed E-state index contributed by atoms with van der Waals surface area (Å²) in [5.41, 5.74) is 7.78.